The molecule has 0 spiro atoms. The second-order valence-corrected chi connectivity index (χ2v) is 7.78. The van der Waals surface area contributed by atoms with Crippen LogP contribution in [-0.2, 0) is 4.79 Å². The second-order valence-electron chi connectivity index (χ2n) is 7.78. The SMILES string of the molecule is Cc1cc2c(cc1C)N(C(C)(C)C(=O)NN)C(C)(C)C[C@@H]2C. The Hall–Kier alpha value is -1.55. The summed E-state index contributed by atoms with van der Waals surface area (Å²) in [7, 11) is 0. The van der Waals surface area contributed by atoms with Crippen LogP contribution in [0.3, 0.4) is 0 Å². The number of rotatable bonds is 2. The fraction of sp³-hybridized carbons (Fsp3) is 0.611. The van der Waals surface area contributed by atoms with Gasteiger partial charge in [0.05, 0.1) is 0 Å². The lowest BCUT2D eigenvalue weighted by Crippen LogP contribution is -2.65. The number of anilines is 1. The molecule has 1 heterocycles. The molecule has 0 saturated heterocycles. The molecule has 2 rings (SSSR count). The van der Waals surface area contributed by atoms with Crippen LogP contribution in [0.4, 0.5) is 5.69 Å². The molecular weight excluding hydrogens is 274 g/mol. The highest BCUT2D eigenvalue weighted by atomic mass is 16.2. The van der Waals surface area contributed by atoms with Gasteiger partial charge in [-0.2, -0.15) is 0 Å². The van der Waals surface area contributed by atoms with Gasteiger partial charge in [-0.25, -0.2) is 5.84 Å². The molecule has 0 aromatic heterocycles. The number of nitrogens with one attached hydrogen (secondary N) is 1. The fourth-order valence-corrected chi connectivity index (χ4v) is 4.02. The number of hydrogen-bond acceptors (Lipinski definition) is 3. The van der Waals surface area contributed by atoms with Gasteiger partial charge in [-0.1, -0.05) is 13.0 Å². The summed E-state index contributed by atoms with van der Waals surface area (Å²) >= 11 is 0. The quantitative estimate of drug-likeness (QED) is 0.501. The van der Waals surface area contributed by atoms with Gasteiger partial charge < -0.3 is 4.90 Å². The lowest BCUT2D eigenvalue weighted by molar-refractivity contribution is -0.126. The van der Waals surface area contributed by atoms with Crippen molar-refractivity contribution in [3.63, 3.8) is 0 Å². The summed E-state index contributed by atoms with van der Waals surface area (Å²) in [5.41, 5.74) is 6.51. The summed E-state index contributed by atoms with van der Waals surface area (Å²) in [4.78, 5) is 14.6. The number of hydrazine groups is 1. The summed E-state index contributed by atoms with van der Waals surface area (Å²) in [5, 5.41) is 0. The highest BCUT2D eigenvalue weighted by Crippen LogP contribution is 2.47. The van der Waals surface area contributed by atoms with Crippen molar-refractivity contribution >= 4 is 11.6 Å². The molecule has 0 saturated carbocycles. The van der Waals surface area contributed by atoms with E-state index in [1.165, 1.54) is 16.7 Å². The smallest absolute Gasteiger partial charge is 0.259 e. The minimum atomic E-state index is -0.713. The predicted molar refractivity (Wildman–Crippen MR) is 91.9 cm³/mol. The normalized spacial score (nSPS) is 20.5. The zero-order valence-electron chi connectivity index (χ0n) is 14.9. The van der Waals surface area contributed by atoms with Crippen LogP contribution in [0.25, 0.3) is 0 Å². The van der Waals surface area contributed by atoms with Gasteiger partial charge >= 0.3 is 0 Å². The van der Waals surface area contributed by atoms with Gasteiger partial charge in [0, 0.05) is 11.2 Å². The van der Waals surface area contributed by atoms with Crippen molar-refractivity contribution in [1.82, 2.24) is 5.43 Å². The minimum Gasteiger partial charge on any atom is -0.352 e. The summed E-state index contributed by atoms with van der Waals surface area (Å²) < 4.78 is 0. The van der Waals surface area contributed by atoms with E-state index in [4.69, 9.17) is 5.84 Å². The Labute approximate surface area is 134 Å². The molecule has 22 heavy (non-hydrogen) atoms. The Morgan fingerprint density at radius 3 is 2.41 bits per heavy atom. The fourth-order valence-electron chi connectivity index (χ4n) is 4.02. The van der Waals surface area contributed by atoms with Crippen molar-refractivity contribution in [1.29, 1.82) is 0 Å². The standard InChI is InChI=1S/C18H29N3O/c1-11-8-14-13(3)10-17(4,5)21(15(14)9-12(11)2)18(6,7)16(22)20-19/h8-9,13H,10,19H2,1-7H3,(H,20,22)/t13-/m0/s1. The predicted octanol–water partition coefficient (Wildman–Crippen LogP) is 3.16. The summed E-state index contributed by atoms with van der Waals surface area (Å²) in [6.45, 7) is 14.8. The Bertz CT molecular complexity index is 605. The molecule has 0 fully saturated rings. The van der Waals surface area contributed by atoms with Gasteiger partial charge in [0.25, 0.3) is 5.91 Å². The molecule has 3 N–H and O–H groups in total. The molecule has 122 valence electrons. The summed E-state index contributed by atoms with van der Waals surface area (Å²) in [6, 6.07) is 4.49. The zero-order chi connectivity index (χ0) is 16.9. The monoisotopic (exact) mass is 303 g/mol. The van der Waals surface area contributed by atoms with Crippen molar-refractivity contribution in [3.05, 3.63) is 28.8 Å². The first-order valence-electron chi connectivity index (χ1n) is 7.95. The second kappa shape index (κ2) is 5.27. The number of hydrogen-bond donors (Lipinski definition) is 2. The van der Waals surface area contributed by atoms with E-state index in [1.807, 2.05) is 13.8 Å². The van der Waals surface area contributed by atoms with Crippen molar-refractivity contribution < 1.29 is 4.79 Å². The van der Waals surface area contributed by atoms with Gasteiger partial charge in [-0.3, -0.25) is 10.2 Å². The molecule has 0 unspecified atom stereocenters. The van der Waals surface area contributed by atoms with Gasteiger partial charge in [0.2, 0.25) is 0 Å². The number of fused-ring (bicyclic) bond motifs is 1. The summed E-state index contributed by atoms with van der Waals surface area (Å²) in [5.74, 6) is 5.73. The van der Waals surface area contributed by atoms with Gasteiger partial charge in [0.15, 0.2) is 0 Å². The van der Waals surface area contributed by atoms with E-state index >= 15 is 0 Å². The topological polar surface area (TPSA) is 58.4 Å². The molecule has 4 nitrogen and oxygen atoms in total. The van der Waals surface area contributed by atoms with Crippen LogP contribution in [0.5, 0.6) is 0 Å². The van der Waals surface area contributed by atoms with Gasteiger partial charge in [-0.15, -0.1) is 0 Å². The van der Waals surface area contributed by atoms with E-state index in [9.17, 15) is 4.79 Å². The maximum absolute atomic E-state index is 12.4. The highest BCUT2D eigenvalue weighted by Gasteiger charge is 2.46. The largest absolute Gasteiger partial charge is 0.352 e. The number of amides is 1. The number of nitrogens with zero attached hydrogens (tertiary/aromatic N) is 1. The molecule has 4 heteroatoms. The lowest BCUT2D eigenvalue weighted by Gasteiger charge is -2.54. The molecular formula is C18H29N3O. The van der Waals surface area contributed by atoms with Gasteiger partial charge in [0.1, 0.15) is 5.54 Å². The van der Waals surface area contributed by atoms with Crippen molar-refractivity contribution in [2.24, 2.45) is 5.84 Å². The van der Waals surface area contributed by atoms with E-state index in [2.05, 4.69) is 57.1 Å². The Balaban J connectivity index is 2.70. The first kappa shape index (κ1) is 16.8. The van der Waals surface area contributed by atoms with Crippen LogP contribution < -0.4 is 16.2 Å². The number of carbonyl (C=O) groups is 1. The Morgan fingerprint density at radius 2 is 1.86 bits per heavy atom. The highest BCUT2D eigenvalue weighted by molar-refractivity contribution is 5.90. The third-order valence-corrected chi connectivity index (χ3v) is 5.07. The number of aryl methyl sites for hydroxylation is 2. The number of benzene rings is 1. The van der Waals surface area contributed by atoms with Crippen LogP contribution in [0, 0.1) is 13.8 Å². The Kier molecular flexibility index (Phi) is 4.03. The minimum absolute atomic E-state index is 0.121. The molecule has 1 atom stereocenters. The molecule has 0 radical (unpaired) electrons. The molecule has 1 aromatic rings. The lowest BCUT2D eigenvalue weighted by atomic mass is 9.76. The number of nitrogens with two attached hydrogens (primary N) is 1. The van der Waals surface area contributed by atoms with Crippen LogP contribution in [-0.4, -0.2) is 17.0 Å². The van der Waals surface area contributed by atoms with Crippen molar-refractivity contribution in [2.45, 2.75) is 71.9 Å². The van der Waals surface area contributed by atoms with Crippen LogP contribution in [0.2, 0.25) is 0 Å². The molecule has 0 bridgehead atoms. The van der Waals surface area contributed by atoms with Crippen LogP contribution in [0.1, 0.15) is 63.6 Å². The van der Waals surface area contributed by atoms with E-state index in [0.717, 1.165) is 12.1 Å². The third-order valence-electron chi connectivity index (χ3n) is 5.07. The maximum atomic E-state index is 12.4. The van der Waals surface area contributed by atoms with E-state index < -0.39 is 5.54 Å². The Morgan fingerprint density at radius 1 is 1.32 bits per heavy atom. The van der Waals surface area contributed by atoms with Crippen molar-refractivity contribution in [3.8, 4) is 0 Å². The summed E-state index contributed by atoms with van der Waals surface area (Å²) in [6.07, 6.45) is 1.00. The van der Waals surface area contributed by atoms with E-state index in [-0.39, 0.29) is 11.4 Å². The molecule has 0 aliphatic carbocycles. The number of carbonyl (C=O) groups excluding carboxylic acids is 1. The van der Waals surface area contributed by atoms with Crippen LogP contribution >= 0.6 is 0 Å². The van der Waals surface area contributed by atoms with Crippen molar-refractivity contribution in [2.75, 3.05) is 4.90 Å². The zero-order valence-corrected chi connectivity index (χ0v) is 14.9. The molecule has 1 aromatic carbocycles. The average molecular weight is 303 g/mol. The first-order valence-corrected chi connectivity index (χ1v) is 7.95. The molecule has 1 aliphatic rings. The average Bonchev–Trinajstić information content (AvgIpc) is 2.39. The molecule has 1 amide bonds. The maximum Gasteiger partial charge on any atom is 0.259 e. The molecule has 1 aliphatic heterocycles. The van der Waals surface area contributed by atoms with Crippen LogP contribution in [0.15, 0.2) is 12.1 Å². The third kappa shape index (κ3) is 2.50. The van der Waals surface area contributed by atoms with E-state index in [1.54, 1.807) is 0 Å². The first-order chi connectivity index (χ1) is 10.0. The van der Waals surface area contributed by atoms with Gasteiger partial charge in [-0.05, 0) is 76.6 Å². The van der Waals surface area contributed by atoms with E-state index in [0.29, 0.717) is 5.92 Å².